The first-order chi connectivity index (χ1) is 14.4. The highest BCUT2D eigenvalue weighted by Gasteiger charge is 2.17. The van der Waals surface area contributed by atoms with Crippen LogP contribution in [0, 0.1) is 6.92 Å². The molecule has 1 aromatic carbocycles. The summed E-state index contributed by atoms with van der Waals surface area (Å²) in [6.07, 6.45) is 5.04. The van der Waals surface area contributed by atoms with Crippen molar-refractivity contribution in [1.29, 1.82) is 0 Å². The van der Waals surface area contributed by atoms with E-state index in [2.05, 4.69) is 15.3 Å². The minimum absolute atomic E-state index is 0.0766. The molecule has 0 atom stereocenters. The van der Waals surface area contributed by atoms with Gasteiger partial charge in [0.05, 0.1) is 5.39 Å². The van der Waals surface area contributed by atoms with E-state index in [9.17, 15) is 9.59 Å². The molecule has 0 bridgehead atoms. The molecule has 4 rings (SSSR count). The van der Waals surface area contributed by atoms with Gasteiger partial charge in [-0.15, -0.1) is 0 Å². The Morgan fingerprint density at radius 2 is 1.87 bits per heavy atom. The molecule has 0 fully saturated rings. The van der Waals surface area contributed by atoms with E-state index in [1.165, 1.54) is 0 Å². The van der Waals surface area contributed by atoms with Crippen LogP contribution < -0.4 is 10.7 Å². The zero-order chi connectivity index (χ0) is 21.3. The standard InChI is InChI=1S/C24H22N4O2/c1-15(2)27-24(30)21-14-28(23-20(22(21)29)8-5-11-25-23)19-7-4-6-17(12-19)18-10-9-16(3)26-13-18/h4-15H,1-3H3,(H,27,30). The third-order valence-corrected chi connectivity index (χ3v) is 4.80. The molecule has 0 saturated heterocycles. The fourth-order valence-corrected chi connectivity index (χ4v) is 3.33. The summed E-state index contributed by atoms with van der Waals surface area (Å²) in [6, 6.07) is 15.2. The second-order valence-electron chi connectivity index (χ2n) is 7.48. The number of hydrogen-bond acceptors (Lipinski definition) is 4. The number of nitrogens with zero attached hydrogens (tertiary/aromatic N) is 3. The van der Waals surface area contributed by atoms with Gasteiger partial charge in [0.2, 0.25) is 5.43 Å². The van der Waals surface area contributed by atoms with Gasteiger partial charge in [-0.2, -0.15) is 0 Å². The van der Waals surface area contributed by atoms with E-state index in [4.69, 9.17) is 0 Å². The lowest BCUT2D eigenvalue weighted by atomic mass is 10.1. The molecule has 0 saturated carbocycles. The molecule has 0 unspecified atom stereocenters. The van der Waals surface area contributed by atoms with Gasteiger partial charge < -0.3 is 9.88 Å². The van der Waals surface area contributed by atoms with Crippen molar-refractivity contribution in [1.82, 2.24) is 19.9 Å². The van der Waals surface area contributed by atoms with Gasteiger partial charge in [0.1, 0.15) is 11.2 Å². The molecule has 0 aliphatic rings. The number of pyridine rings is 3. The molecule has 150 valence electrons. The topological polar surface area (TPSA) is 76.9 Å². The summed E-state index contributed by atoms with van der Waals surface area (Å²) in [5, 5.41) is 3.20. The maximum absolute atomic E-state index is 12.9. The maximum atomic E-state index is 12.9. The zero-order valence-corrected chi connectivity index (χ0v) is 17.1. The average Bonchev–Trinajstić information content (AvgIpc) is 2.74. The van der Waals surface area contributed by atoms with Crippen LogP contribution in [0.4, 0.5) is 0 Å². The number of aryl methyl sites for hydroxylation is 1. The Morgan fingerprint density at radius 3 is 2.60 bits per heavy atom. The molecule has 3 heterocycles. The van der Waals surface area contributed by atoms with E-state index in [1.54, 1.807) is 29.1 Å². The summed E-state index contributed by atoms with van der Waals surface area (Å²) in [6.45, 7) is 5.66. The van der Waals surface area contributed by atoms with Gasteiger partial charge in [0.15, 0.2) is 0 Å². The number of hydrogen-bond donors (Lipinski definition) is 1. The number of amides is 1. The summed E-state index contributed by atoms with van der Waals surface area (Å²) in [4.78, 5) is 34.4. The van der Waals surface area contributed by atoms with Gasteiger partial charge in [0, 0.05) is 41.6 Å². The number of carbonyl (C=O) groups excluding carboxylic acids is 1. The molecule has 6 nitrogen and oxygen atoms in total. The van der Waals surface area contributed by atoms with Gasteiger partial charge in [-0.3, -0.25) is 14.6 Å². The molecular formula is C24H22N4O2. The minimum atomic E-state index is -0.395. The van der Waals surface area contributed by atoms with Crippen LogP contribution >= 0.6 is 0 Å². The van der Waals surface area contributed by atoms with E-state index < -0.39 is 5.91 Å². The quantitative estimate of drug-likeness (QED) is 0.566. The van der Waals surface area contributed by atoms with Gasteiger partial charge in [-0.1, -0.05) is 18.2 Å². The lowest BCUT2D eigenvalue weighted by Gasteiger charge is -2.15. The number of fused-ring (bicyclic) bond motifs is 1. The summed E-state index contributed by atoms with van der Waals surface area (Å²) in [5.41, 5.74) is 3.98. The largest absolute Gasteiger partial charge is 0.350 e. The highest BCUT2D eigenvalue weighted by Crippen LogP contribution is 2.23. The van der Waals surface area contributed by atoms with Crippen LogP contribution in [0.2, 0.25) is 0 Å². The van der Waals surface area contributed by atoms with Crippen molar-refractivity contribution in [3.63, 3.8) is 0 Å². The van der Waals surface area contributed by atoms with E-state index in [0.717, 1.165) is 22.5 Å². The molecular weight excluding hydrogens is 376 g/mol. The number of carbonyl (C=O) groups is 1. The first-order valence-corrected chi connectivity index (χ1v) is 9.79. The molecule has 0 spiro atoms. The SMILES string of the molecule is Cc1ccc(-c2cccc(-n3cc(C(=O)NC(C)C)c(=O)c4cccnc43)c2)cn1. The van der Waals surface area contributed by atoms with Crippen LogP contribution in [-0.2, 0) is 0 Å². The number of aromatic nitrogens is 3. The molecule has 6 heteroatoms. The summed E-state index contributed by atoms with van der Waals surface area (Å²) >= 11 is 0. The Kier molecular flexibility index (Phi) is 5.14. The number of benzene rings is 1. The third-order valence-electron chi connectivity index (χ3n) is 4.80. The normalized spacial score (nSPS) is 11.1. The molecule has 0 aliphatic carbocycles. The molecule has 0 aliphatic heterocycles. The predicted molar refractivity (Wildman–Crippen MR) is 118 cm³/mol. The van der Waals surface area contributed by atoms with E-state index in [0.29, 0.717) is 11.0 Å². The van der Waals surface area contributed by atoms with Gasteiger partial charge in [0.25, 0.3) is 5.91 Å². The highest BCUT2D eigenvalue weighted by atomic mass is 16.2. The van der Waals surface area contributed by atoms with Crippen molar-refractivity contribution in [2.24, 2.45) is 0 Å². The second-order valence-corrected chi connectivity index (χ2v) is 7.48. The van der Waals surface area contributed by atoms with Crippen LogP contribution in [-0.4, -0.2) is 26.5 Å². The van der Waals surface area contributed by atoms with Crippen LogP contribution in [0.15, 0.2) is 71.9 Å². The Morgan fingerprint density at radius 1 is 1.03 bits per heavy atom. The van der Waals surface area contributed by atoms with Crippen LogP contribution in [0.1, 0.15) is 29.9 Å². The molecule has 1 N–H and O–H groups in total. The average molecular weight is 398 g/mol. The smallest absolute Gasteiger partial charge is 0.256 e. The maximum Gasteiger partial charge on any atom is 0.256 e. The first-order valence-electron chi connectivity index (χ1n) is 9.79. The van der Waals surface area contributed by atoms with E-state index in [-0.39, 0.29) is 17.0 Å². The highest BCUT2D eigenvalue weighted by molar-refractivity contribution is 5.97. The van der Waals surface area contributed by atoms with Crippen LogP contribution in [0.25, 0.3) is 27.8 Å². The molecule has 3 aromatic heterocycles. The minimum Gasteiger partial charge on any atom is -0.350 e. The Bertz CT molecular complexity index is 1290. The van der Waals surface area contributed by atoms with Crippen molar-refractivity contribution in [2.45, 2.75) is 26.8 Å². The Balaban J connectivity index is 1.91. The number of nitrogens with one attached hydrogen (secondary N) is 1. The number of rotatable bonds is 4. The predicted octanol–water partition coefficient (Wildman–Crippen LogP) is 3.89. The summed E-state index contributed by atoms with van der Waals surface area (Å²) < 4.78 is 1.79. The Labute approximate surface area is 174 Å². The van der Waals surface area contributed by atoms with Gasteiger partial charge in [-0.25, -0.2) is 4.98 Å². The fraction of sp³-hybridized carbons (Fsp3) is 0.167. The molecule has 1 amide bonds. The summed E-state index contributed by atoms with van der Waals surface area (Å²) in [5.74, 6) is -0.395. The Hall–Kier alpha value is -3.80. The lowest BCUT2D eigenvalue weighted by molar-refractivity contribution is 0.0941. The van der Waals surface area contributed by atoms with Crippen LogP contribution in [0.5, 0.6) is 0 Å². The van der Waals surface area contributed by atoms with Crippen LogP contribution in [0.3, 0.4) is 0 Å². The van der Waals surface area contributed by atoms with Crippen molar-refractivity contribution >= 4 is 16.9 Å². The van der Waals surface area contributed by atoms with E-state index in [1.807, 2.05) is 63.4 Å². The molecule has 4 aromatic rings. The monoisotopic (exact) mass is 398 g/mol. The third kappa shape index (κ3) is 3.72. The summed E-state index contributed by atoms with van der Waals surface area (Å²) in [7, 11) is 0. The van der Waals surface area contributed by atoms with Crippen molar-refractivity contribution in [3.05, 3.63) is 88.6 Å². The van der Waals surface area contributed by atoms with Crippen molar-refractivity contribution in [2.75, 3.05) is 0 Å². The lowest BCUT2D eigenvalue weighted by Crippen LogP contribution is -2.34. The van der Waals surface area contributed by atoms with Gasteiger partial charge >= 0.3 is 0 Å². The zero-order valence-electron chi connectivity index (χ0n) is 17.1. The van der Waals surface area contributed by atoms with Crippen molar-refractivity contribution in [3.8, 4) is 16.8 Å². The van der Waals surface area contributed by atoms with Crippen molar-refractivity contribution < 1.29 is 4.79 Å². The molecule has 0 radical (unpaired) electrons. The first kappa shape index (κ1) is 19.5. The fourth-order valence-electron chi connectivity index (χ4n) is 3.33. The second kappa shape index (κ2) is 7.91. The molecule has 30 heavy (non-hydrogen) atoms. The van der Waals surface area contributed by atoms with Gasteiger partial charge in [-0.05, 0) is 56.7 Å². The van der Waals surface area contributed by atoms with E-state index >= 15 is 0 Å².